The Kier molecular flexibility index (Phi) is 67.6. The van der Waals surface area contributed by atoms with Crippen molar-refractivity contribution in [3.8, 4) is 0 Å². The summed E-state index contributed by atoms with van der Waals surface area (Å²) in [5, 5.41) is 54.3. The summed E-state index contributed by atoms with van der Waals surface area (Å²) >= 11 is 0. The number of esters is 1. The Bertz CT molecular complexity index is 1690. The van der Waals surface area contributed by atoms with Gasteiger partial charge < -0.3 is 45.1 Å². The molecule has 0 aromatic heterocycles. The first kappa shape index (κ1) is 88.6. The number of carbonyl (C=O) groups excluding carboxylic acids is 2. The molecule has 11 nitrogen and oxygen atoms in total. The van der Waals surface area contributed by atoms with E-state index in [-0.39, 0.29) is 18.5 Å². The van der Waals surface area contributed by atoms with Crippen LogP contribution in [0.2, 0.25) is 0 Å². The monoisotopic (exact) mass is 1310 g/mol. The topological polar surface area (TPSA) is 175 Å². The number of carbonyl (C=O) groups is 2. The van der Waals surface area contributed by atoms with Crippen molar-refractivity contribution >= 4 is 11.9 Å². The van der Waals surface area contributed by atoms with Gasteiger partial charge in [0.25, 0.3) is 0 Å². The van der Waals surface area contributed by atoms with E-state index in [2.05, 4.69) is 42.6 Å². The highest BCUT2D eigenvalue weighted by Gasteiger charge is 2.44. The quantitative estimate of drug-likeness (QED) is 0.0195. The molecule has 7 unspecified atom stereocenters. The molecule has 0 aliphatic carbocycles. The van der Waals surface area contributed by atoms with E-state index < -0.39 is 49.5 Å². The number of hydrogen-bond acceptors (Lipinski definition) is 10. The molecule has 1 amide bonds. The zero-order chi connectivity index (χ0) is 67.2. The van der Waals surface area contributed by atoms with E-state index in [0.29, 0.717) is 19.4 Å². The van der Waals surface area contributed by atoms with E-state index in [1.165, 1.54) is 315 Å². The van der Waals surface area contributed by atoms with Crippen LogP contribution in [-0.2, 0) is 23.8 Å². The van der Waals surface area contributed by atoms with Crippen molar-refractivity contribution in [2.24, 2.45) is 0 Å². The summed E-state index contributed by atoms with van der Waals surface area (Å²) in [5.74, 6) is -0.173. The van der Waals surface area contributed by atoms with Crippen molar-refractivity contribution < 1.29 is 49.3 Å². The van der Waals surface area contributed by atoms with E-state index >= 15 is 0 Å². The SMILES string of the molecule is C/C=C/CC/C=C/CC/C=C/C(O)C(COC1OC(CO)C(O)C(O)C1O)NC(=O)CCCCCCCCCCCCCCCCCCC/C=C\CCCCCCCCCCCCCCCCCCCCOC(=O)CCCCCCCCCCCCCCCCCCC. The van der Waals surface area contributed by atoms with E-state index in [1.54, 1.807) is 6.08 Å². The molecule has 93 heavy (non-hydrogen) atoms. The molecule has 11 heteroatoms. The first-order valence-electron chi connectivity index (χ1n) is 40.4. The summed E-state index contributed by atoms with van der Waals surface area (Å²) in [5.41, 5.74) is 0. The second-order valence-corrected chi connectivity index (χ2v) is 28.1. The number of rotatable bonds is 72. The molecular formula is C82H153NO10. The predicted octanol–water partition coefficient (Wildman–Crippen LogP) is 21.9. The smallest absolute Gasteiger partial charge is 0.305 e. The molecule has 1 rings (SSSR count). The molecule has 1 fully saturated rings. The van der Waals surface area contributed by atoms with Gasteiger partial charge in [0.05, 0.1) is 32.0 Å². The van der Waals surface area contributed by atoms with Gasteiger partial charge in [0.1, 0.15) is 24.4 Å². The van der Waals surface area contributed by atoms with Gasteiger partial charge in [-0.3, -0.25) is 9.59 Å². The molecule has 1 aliphatic heterocycles. The highest BCUT2D eigenvalue weighted by Crippen LogP contribution is 2.24. The summed E-state index contributed by atoms with van der Waals surface area (Å²) in [6, 6.07) is -0.830. The van der Waals surface area contributed by atoms with Crippen LogP contribution in [0.25, 0.3) is 0 Å². The van der Waals surface area contributed by atoms with Gasteiger partial charge in [0.2, 0.25) is 5.91 Å². The fourth-order valence-electron chi connectivity index (χ4n) is 12.9. The summed E-state index contributed by atoms with van der Waals surface area (Å²) in [6.45, 7) is 4.14. The zero-order valence-electron chi connectivity index (χ0n) is 61.0. The number of aliphatic hydroxyl groups is 5. The lowest BCUT2D eigenvalue weighted by molar-refractivity contribution is -0.302. The fourth-order valence-corrected chi connectivity index (χ4v) is 12.9. The van der Waals surface area contributed by atoms with Crippen LogP contribution in [0.15, 0.2) is 48.6 Å². The van der Waals surface area contributed by atoms with E-state index in [4.69, 9.17) is 14.2 Å². The summed E-state index contributed by atoms with van der Waals surface area (Å²) in [4.78, 5) is 25.1. The molecule has 1 heterocycles. The zero-order valence-corrected chi connectivity index (χ0v) is 61.0. The van der Waals surface area contributed by atoms with E-state index in [9.17, 15) is 35.1 Å². The van der Waals surface area contributed by atoms with Gasteiger partial charge in [0, 0.05) is 12.8 Å². The Balaban J connectivity index is 1.84. The fraction of sp³-hybridized carbons (Fsp3) is 0.878. The second-order valence-electron chi connectivity index (χ2n) is 28.1. The Labute approximate surface area is 574 Å². The lowest BCUT2D eigenvalue weighted by atomic mass is 9.99. The minimum absolute atomic E-state index is 0.0210. The standard InChI is InChI=1S/C82H153NO10/c1-3-5-7-9-11-13-14-15-16-40-44-47-50-54-58-62-66-70-78(87)91-71-67-63-59-55-51-48-45-42-39-37-35-33-31-29-27-25-23-21-19-17-18-20-22-24-26-28-30-32-34-36-38-41-43-46-49-53-57-61-65-69-77(86)83-74(75(85)68-64-60-56-52-12-10-8-6-4-2)73-92-82-81(90)80(89)79(88)76(72-84)93-82/h4,6,12,17-18,52,64,68,74-76,79-82,84-85,88-90H,3,5,7-11,13-16,19-51,53-63,65-67,69-73H2,1-2H3,(H,83,86)/b6-4+,18-17-,52-12+,68-64+. The molecule has 1 aliphatic rings. The lowest BCUT2D eigenvalue weighted by Crippen LogP contribution is -2.60. The molecule has 0 spiro atoms. The van der Waals surface area contributed by atoms with Crippen molar-refractivity contribution in [2.45, 2.75) is 442 Å². The number of aliphatic hydroxyl groups excluding tert-OH is 5. The average molecular weight is 1310 g/mol. The number of amides is 1. The maximum atomic E-state index is 13.0. The Morgan fingerprint density at radius 1 is 0.409 bits per heavy atom. The number of ether oxygens (including phenoxy) is 3. The molecular weight excluding hydrogens is 1160 g/mol. The highest BCUT2D eigenvalue weighted by atomic mass is 16.7. The summed E-state index contributed by atoms with van der Waals surface area (Å²) in [7, 11) is 0. The molecule has 546 valence electrons. The van der Waals surface area contributed by atoms with Crippen LogP contribution >= 0.6 is 0 Å². The average Bonchev–Trinajstić information content (AvgIpc) is 1.06. The van der Waals surface area contributed by atoms with Crippen molar-refractivity contribution in [1.82, 2.24) is 5.32 Å². The maximum Gasteiger partial charge on any atom is 0.305 e. The third-order valence-corrected chi connectivity index (χ3v) is 19.2. The van der Waals surface area contributed by atoms with Crippen LogP contribution in [0.3, 0.4) is 0 Å². The van der Waals surface area contributed by atoms with Crippen LogP contribution < -0.4 is 5.32 Å². The van der Waals surface area contributed by atoms with Crippen LogP contribution in [0.1, 0.15) is 399 Å². The third kappa shape index (κ3) is 59.4. The summed E-state index contributed by atoms with van der Waals surface area (Å²) in [6.07, 6.45) is 84.9. The van der Waals surface area contributed by atoms with Crippen LogP contribution in [-0.4, -0.2) is 100 Å². The van der Waals surface area contributed by atoms with Crippen molar-refractivity contribution in [3.63, 3.8) is 0 Å². The number of nitrogens with one attached hydrogen (secondary N) is 1. The number of unbranched alkanes of at least 4 members (excludes halogenated alkanes) is 53. The van der Waals surface area contributed by atoms with Gasteiger partial charge in [-0.05, 0) is 77.6 Å². The van der Waals surface area contributed by atoms with Crippen LogP contribution in [0, 0.1) is 0 Å². The van der Waals surface area contributed by atoms with Crippen molar-refractivity contribution in [1.29, 1.82) is 0 Å². The lowest BCUT2D eigenvalue weighted by Gasteiger charge is -2.40. The third-order valence-electron chi connectivity index (χ3n) is 19.2. The number of allylic oxidation sites excluding steroid dienone is 7. The van der Waals surface area contributed by atoms with Crippen LogP contribution in [0.5, 0.6) is 0 Å². The molecule has 1 saturated heterocycles. The van der Waals surface area contributed by atoms with Crippen molar-refractivity contribution in [2.75, 3.05) is 19.8 Å². The second kappa shape index (κ2) is 70.9. The van der Waals surface area contributed by atoms with Gasteiger partial charge in [0.15, 0.2) is 6.29 Å². The van der Waals surface area contributed by atoms with Gasteiger partial charge in [-0.25, -0.2) is 0 Å². The Morgan fingerprint density at radius 2 is 0.742 bits per heavy atom. The maximum absolute atomic E-state index is 13.0. The van der Waals surface area contributed by atoms with Gasteiger partial charge in [-0.1, -0.05) is 357 Å². The van der Waals surface area contributed by atoms with Gasteiger partial charge in [-0.2, -0.15) is 0 Å². The Hall–Kier alpha value is -2.38. The largest absolute Gasteiger partial charge is 0.466 e. The first-order valence-corrected chi connectivity index (χ1v) is 40.4. The van der Waals surface area contributed by atoms with E-state index in [1.807, 2.05) is 19.1 Å². The van der Waals surface area contributed by atoms with E-state index in [0.717, 1.165) is 57.8 Å². The van der Waals surface area contributed by atoms with Gasteiger partial charge in [-0.15, -0.1) is 0 Å². The molecule has 7 atom stereocenters. The summed E-state index contributed by atoms with van der Waals surface area (Å²) < 4.78 is 16.7. The molecule has 0 saturated carbocycles. The molecule has 0 radical (unpaired) electrons. The van der Waals surface area contributed by atoms with Gasteiger partial charge >= 0.3 is 5.97 Å². The first-order chi connectivity index (χ1) is 45.7. The predicted molar refractivity (Wildman–Crippen MR) is 394 cm³/mol. The Morgan fingerprint density at radius 3 is 1.13 bits per heavy atom. The molecule has 6 N–H and O–H groups in total. The highest BCUT2D eigenvalue weighted by molar-refractivity contribution is 5.76. The minimum Gasteiger partial charge on any atom is -0.466 e. The molecule has 0 aromatic carbocycles. The molecule has 0 bridgehead atoms. The normalized spacial score (nSPS) is 17.7. The molecule has 0 aromatic rings. The number of hydrogen-bond donors (Lipinski definition) is 6. The van der Waals surface area contributed by atoms with Crippen molar-refractivity contribution in [3.05, 3.63) is 48.6 Å². The minimum atomic E-state index is -1.58. The van der Waals surface area contributed by atoms with Crippen LogP contribution in [0.4, 0.5) is 0 Å².